The molecule has 6 nitrogen and oxygen atoms in total. The van der Waals surface area contributed by atoms with Crippen LogP contribution in [0.4, 0.5) is 0 Å². The van der Waals surface area contributed by atoms with Crippen molar-refractivity contribution in [2.75, 3.05) is 6.61 Å². The fourth-order valence-corrected chi connectivity index (χ4v) is 3.29. The first kappa shape index (κ1) is 15.2. The molecule has 0 bridgehead atoms. The van der Waals surface area contributed by atoms with Gasteiger partial charge in [0.2, 0.25) is 5.91 Å². The van der Waals surface area contributed by atoms with Crippen molar-refractivity contribution in [3.05, 3.63) is 34.0 Å². The molecule has 3 heterocycles. The number of thiazole rings is 1. The van der Waals surface area contributed by atoms with Crippen LogP contribution in [0.2, 0.25) is 0 Å². The lowest BCUT2D eigenvalue weighted by Crippen LogP contribution is -2.37. The van der Waals surface area contributed by atoms with Crippen LogP contribution in [0.3, 0.4) is 0 Å². The number of hydrogen-bond acceptors (Lipinski definition) is 5. The molecule has 0 aliphatic carbocycles. The van der Waals surface area contributed by atoms with Gasteiger partial charge >= 0.3 is 0 Å². The van der Waals surface area contributed by atoms with Crippen LogP contribution >= 0.6 is 11.3 Å². The van der Waals surface area contributed by atoms with Gasteiger partial charge in [0.15, 0.2) is 0 Å². The molecule has 0 aromatic carbocycles. The Labute approximate surface area is 133 Å². The molecule has 1 fully saturated rings. The van der Waals surface area contributed by atoms with Gasteiger partial charge in [-0.05, 0) is 20.3 Å². The van der Waals surface area contributed by atoms with Crippen molar-refractivity contribution in [2.45, 2.75) is 45.4 Å². The van der Waals surface area contributed by atoms with Gasteiger partial charge in [0.1, 0.15) is 6.10 Å². The molecule has 1 saturated heterocycles. The monoisotopic (exact) mass is 320 g/mol. The van der Waals surface area contributed by atoms with Gasteiger partial charge in [-0.2, -0.15) is 5.10 Å². The summed E-state index contributed by atoms with van der Waals surface area (Å²) in [6, 6.07) is 0.00161. The molecule has 0 saturated carbocycles. The lowest BCUT2D eigenvalue weighted by Gasteiger charge is -2.18. The second kappa shape index (κ2) is 6.58. The van der Waals surface area contributed by atoms with Gasteiger partial charge in [-0.25, -0.2) is 4.98 Å². The third-order valence-electron chi connectivity index (χ3n) is 3.75. The second-order valence-corrected chi connectivity index (χ2v) is 6.48. The number of hydrogen-bond donors (Lipinski definition) is 1. The second-order valence-electron chi connectivity index (χ2n) is 5.42. The Balaban J connectivity index is 1.62. The van der Waals surface area contributed by atoms with Crippen LogP contribution in [0, 0.1) is 6.92 Å². The minimum atomic E-state index is -0.110. The van der Waals surface area contributed by atoms with Crippen molar-refractivity contribution in [2.24, 2.45) is 0 Å². The fraction of sp³-hybridized carbons (Fsp3) is 0.533. The zero-order valence-electron chi connectivity index (χ0n) is 12.8. The van der Waals surface area contributed by atoms with Crippen LogP contribution in [0.15, 0.2) is 17.8 Å². The number of nitrogens with one attached hydrogen (secondary N) is 1. The molecule has 0 radical (unpaired) electrons. The number of carbonyl (C=O) groups is 1. The average Bonchev–Trinajstić information content (AvgIpc) is 3.19. The minimum Gasteiger partial charge on any atom is -0.371 e. The smallest absolute Gasteiger partial charge is 0.226 e. The van der Waals surface area contributed by atoms with Crippen LogP contribution in [0.5, 0.6) is 0 Å². The first-order valence-corrected chi connectivity index (χ1v) is 8.38. The number of amides is 1. The van der Waals surface area contributed by atoms with Crippen LogP contribution in [0.1, 0.15) is 35.7 Å². The van der Waals surface area contributed by atoms with E-state index in [1.54, 1.807) is 11.3 Å². The first-order valence-electron chi connectivity index (χ1n) is 7.50. The molecule has 2 aromatic heterocycles. The van der Waals surface area contributed by atoms with E-state index in [1.807, 2.05) is 36.3 Å². The summed E-state index contributed by atoms with van der Waals surface area (Å²) in [5.41, 5.74) is 1.85. The molecular formula is C15H20N4O2S. The van der Waals surface area contributed by atoms with Crippen LogP contribution in [-0.2, 0) is 22.5 Å². The highest BCUT2D eigenvalue weighted by Gasteiger charge is 2.31. The summed E-state index contributed by atoms with van der Waals surface area (Å²) in [6.45, 7) is 5.47. The van der Waals surface area contributed by atoms with Crippen LogP contribution in [-0.4, -0.2) is 33.3 Å². The molecule has 0 spiro atoms. The van der Waals surface area contributed by atoms with Gasteiger partial charge in [-0.15, -0.1) is 11.3 Å². The maximum Gasteiger partial charge on any atom is 0.226 e. The Morgan fingerprint density at radius 3 is 3.14 bits per heavy atom. The molecule has 3 rings (SSSR count). The first-order chi connectivity index (χ1) is 10.7. The highest BCUT2D eigenvalue weighted by Crippen LogP contribution is 2.28. The standard InChI is InChI=1S/C15H20N4O2S/c1-3-19-8-11(7-16-19)15-13(4-5-21-15)18-14(20)6-12-9-22-10(2)17-12/h7-9,13,15H,3-6H2,1-2H3,(H,18,20)/t13-,15+/m0/s1. The number of rotatable bonds is 5. The molecule has 22 heavy (non-hydrogen) atoms. The molecule has 118 valence electrons. The summed E-state index contributed by atoms with van der Waals surface area (Å²) in [7, 11) is 0. The maximum atomic E-state index is 12.2. The molecule has 2 atom stereocenters. The lowest BCUT2D eigenvalue weighted by atomic mass is 10.1. The van der Waals surface area contributed by atoms with E-state index in [4.69, 9.17) is 4.74 Å². The van der Waals surface area contributed by atoms with Crippen molar-refractivity contribution in [1.29, 1.82) is 0 Å². The van der Waals surface area contributed by atoms with Crippen molar-refractivity contribution < 1.29 is 9.53 Å². The van der Waals surface area contributed by atoms with E-state index < -0.39 is 0 Å². The van der Waals surface area contributed by atoms with E-state index in [0.717, 1.165) is 29.2 Å². The van der Waals surface area contributed by atoms with Gasteiger partial charge in [-0.1, -0.05) is 0 Å². The Bertz CT molecular complexity index is 652. The third-order valence-corrected chi connectivity index (χ3v) is 4.57. The molecular weight excluding hydrogens is 300 g/mol. The number of aromatic nitrogens is 3. The quantitative estimate of drug-likeness (QED) is 0.913. The largest absolute Gasteiger partial charge is 0.371 e. The van der Waals surface area contributed by atoms with E-state index >= 15 is 0 Å². The highest BCUT2D eigenvalue weighted by molar-refractivity contribution is 7.09. The van der Waals surface area contributed by atoms with Gasteiger partial charge < -0.3 is 10.1 Å². The molecule has 0 unspecified atom stereocenters. The van der Waals surface area contributed by atoms with Crippen molar-refractivity contribution in [3.63, 3.8) is 0 Å². The van der Waals surface area contributed by atoms with Crippen molar-refractivity contribution >= 4 is 17.2 Å². The molecule has 1 amide bonds. The summed E-state index contributed by atoms with van der Waals surface area (Å²) in [6.07, 6.45) is 4.84. The maximum absolute atomic E-state index is 12.2. The van der Waals surface area contributed by atoms with Crippen LogP contribution < -0.4 is 5.32 Å². The molecule has 1 aliphatic rings. The fourth-order valence-electron chi connectivity index (χ4n) is 2.68. The highest BCUT2D eigenvalue weighted by atomic mass is 32.1. The van der Waals surface area contributed by atoms with E-state index in [-0.39, 0.29) is 18.1 Å². The van der Waals surface area contributed by atoms with Gasteiger partial charge in [0, 0.05) is 30.3 Å². The SMILES string of the molecule is CCn1cc([C@H]2OCC[C@@H]2NC(=O)Cc2csc(C)n2)cn1. The number of nitrogens with zero attached hydrogens (tertiary/aromatic N) is 3. The summed E-state index contributed by atoms with van der Waals surface area (Å²) >= 11 is 1.56. The Hall–Kier alpha value is -1.73. The van der Waals surface area contributed by atoms with E-state index in [0.29, 0.717) is 13.0 Å². The summed E-state index contributed by atoms with van der Waals surface area (Å²) in [5, 5.41) is 10.3. The Morgan fingerprint density at radius 1 is 1.59 bits per heavy atom. The third kappa shape index (κ3) is 3.36. The molecule has 7 heteroatoms. The zero-order valence-corrected chi connectivity index (χ0v) is 13.6. The summed E-state index contributed by atoms with van der Waals surface area (Å²) < 4.78 is 7.65. The van der Waals surface area contributed by atoms with Gasteiger partial charge in [0.05, 0.1) is 29.4 Å². The van der Waals surface area contributed by atoms with Gasteiger partial charge in [-0.3, -0.25) is 9.48 Å². The Kier molecular flexibility index (Phi) is 4.54. The lowest BCUT2D eigenvalue weighted by molar-refractivity contribution is -0.121. The molecule has 1 N–H and O–H groups in total. The number of carbonyl (C=O) groups excluding carboxylic acids is 1. The Morgan fingerprint density at radius 2 is 2.45 bits per heavy atom. The van der Waals surface area contributed by atoms with E-state index in [1.165, 1.54) is 0 Å². The topological polar surface area (TPSA) is 69.0 Å². The summed E-state index contributed by atoms with van der Waals surface area (Å²) in [5.74, 6) is -0.00585. The van der Waals surface area contributed by atoms with E-state index in [9.17, 15) is 4.79 Å². The van der Waals surface area contributed by atoms with Gasteiger partial charge in [0.25, 0.3) is 0 Å². The number of ether oxygens (including phenoxy) is 1. The van der Waals surface area contributed by atoms with Crippen molar-refractivity contribution in [3.8, 4) is 0 Å². The average molecular weight is 320 g/mol. The van der Waals surface area contributed by atoms with Crippen molar-refractivity contribution in [1.82, 2.24) is 20.1 Å². The number of aryl methyl sites for hydroxylation is 2. The normalized spacial score (nSPS) is 21.2. The predicted molar refractivity (Wildman–Crippen MR) is 83.7 cm³/mol. The summed E-state index contributed by atoms with van der Waals surface area (Å²) in [4.78, 5) is 16.5. The minimum absolute atomic E-state index is 0.00161. The predicted octanol–water partition coefficient (Wildman–Crippen LogP) is 1.86. The zero-order chi connectivity index (χ0) is 15.5. The molecule has 2 aromatic rings. The van der Waals surface area contributed by atoms with E-state index in [2.05, 4.69) is 15.4 Å². The van der Waals surface area contributed by atoms with Crippen LogP contribution in [0.25, 0.3) is 0 Å². The molecule has 1 aliphatic heterocycles.